The summed E-state index contributed by atoms with van der Waals surface area (Å²) in [4.78, 5) is 12.6. The fourth-order valence-corrected chi connectivity index (χ4v) is 5.57. The lowest BCUT2D eigenvalue weighted by Crippen LogP contribution is -2.30. The lowest BCUT2D eigenvalue weighted by molar-refractivity contribution is -0.140. The highest BCUT2D eigenvalue weighted by Gasteiger charge is 2.34. The predicted molar refractivity (Wildman–Crippen MR) is 123 cm³/mol. The molecule has 0 unspecified atom stereocenters. The Balaban J connectivity index is 1.44. The molecule has 2 saturated carbocycles. The largest absolute Gasteiger partial charge is 0.490 e. The maximum atomic E-state index is 14.3. The third-order valence-electron chi connectivity index (χ3n) is 7.56. The van der Waals surface area contributed by atoms with Crippen LogP contribution < -0.4 is 9.47 Å². The van der Waals surface area contributed by atoms with Gasteiger partial charge in [-0.1, -0.05) is 52.4 Å². The maximum Gasteiger partial charge on any atom is 0.314 e. The SMILES string of the molecule is CCCCCC1CCC(C2CCC(C(=O)Oc3ccc(OCCC)c(F)c3F)CC2)CC1. The summed E-state index contributed by atoms with van der Waals surface area (Å²) in [7, 11) is 0. The third kappa shape index (κ3) is 6.68. The monoisotopic (exact) mass is 450 g/mol. The normalized spacial score (nSPS) is 26.0. The number of ether oxygens (including phenoxy) is 2. The molecule has 5 heteroatoms. The number of hydrogen-bond donors (Lipinski definition) is 0. The molecule has 2 aliphatic rings. The van der Waals surface area contributed by atoms with E-state index in [4.69, 9.17) is 9.47 Å². The van der Waals surface area contributed by atoms with E-state index in [-0.39, 0.29) is 17.4 Å². The van der Waals surface area contributed by atoms with Gasteiger partial charge in [0.25, 0.3) is 0 Å². The van der Waals surface area contributed by atoms with Crippen LogP contribution in [0.4, 0.5) is 8.78 Å². The summed E-state index contributed by atoms with van der Waals surface area (Å²) >= 11 is 0. The van der Waals surface area contributed by atoms with Crippen molar-refractivity contribution >= 4 is 5.97 Å². The smallest absolute Gasteiger partial charge is 0.314 e. The number of esters is 1. The van der Waals surface area contributed by atoms with Gasteiger partial charge in [0, 0.05) is 0 Å². The average molecular weight is 451 g/mol. The molecule has 0 saturated heterocycles. The molecule has 1 aromatic rings. The molecule has 0 N–H and O–H groups in total. The first-order valence-electron chi connectivity index (χ1n) is 12.9. The molecule has 0 spiro atoms. The highest BCUT2D eigenvalue weighted by atomic mass is 19.2. The Kier molecular flexibility index (Phi) is 9.80. The van der Waals surface area contributed by atoms with Gasteiger partial charge in [-0.25, -0.2) is 0 Å². The summed E-state index contributed by atoms with van der Waals surface area (Å²) in [5.41, 5.74) is 0. The highest BCUT2D eigenvalue weighted by molar-refractivity contribution is 5.75. The van der Waals surface area contributed by atoms with E-state index in [0.717, 1.165) is 37.5 Å². The number of unbranched alkanes of at least 4 members (excludes halogenated alkanes) is 2. The zero-order chi connectivity index (χ0) is 22.9. The van der Waals surface area contributed by atoms with Gasteiger partial charge in [-0.15, -0.1) is 0 Å². The quantitative estimate of drug-likeness (QED) is 0.207. The van der Waals surface area contributed by atoms with Crippen molar-refractivity contribution in [1.29, 1.82) is 0 Å². The van der Waals surface area contributed by atoms with Crippen LogP contribution in [0.15, 0.2) is 12.1 Å². The summed E-state index contributed by atoms with van der Waals surface area (Å²) < 4.78 is 38.9. The van der Waals surface area contributed by atoms with Crippen molar-refractivity contribution in [3.05, 3.63) is 23.8 Å². The topological polar surface area (TPSA) is 35.5 Å². The van der Waals surface area contributed by atoms with Crippen LogP contribution in [0, 0.1) is 35.3 Å². The van der Waals surface area contributed by atoms with Crippen molar-refractivity contribution in [3.63, 3.8) is 0 Å². The minimum absolute atomic E-state index is 0.148. The number of carbonyl (C=O) groups excluding carboxylic acids is 1. The fraction of sp³-hybridized carbons (Fsp3) is 0.741. The van der Waals surface area contributed by atoms with E-state index in [9.17, 15) is 13.6 Å². The second-order valence-electron chi connectivity index (χ2n) is 9.85. The van der Waals surface area contributed by atoms with Gasteiger partial charge in [0.1, 0.15) is 0 Å². The van der Waals surface area contributed by atoms with Gasteiger partial charge in [0.15, 0.2) is 11.5 Å². The Morgan fingerprint density at radius 2 is 1.44 bits per heavy atom. The molecule has 3 rings (SSSR count). The fourth-order valence-electron chi connectivity index (χ4n) is 5.57. The van der Waals surface area contributed by atoms with E-state index in [0.29, 0.717) is 18.9 Å². The first-order chi connectivity index (χ1) is 15.5. The van der Waals surface area contributed by atoms with Gasteiger partial charge in [-0.3, -0.25) is 4.79 Å². The molecule has 2 aliphatic carbocycles. The second kappa shape index (κ2) is 12.6. The Morgan fingerprint density at radius 3 is 2.06 bits per heavy atom. The van der Waals surface area contributed by atoms with Gasteiger partial charge in [-0.2, -0.15) is 8.78 Å². The number of carbonyl (C=O) groups is 1. The molecule has 0 bridgehead atoms. The van der Waals surface area contributed by atoms with E-state index in [1.807, 2.05) is 6.92 Å². The number of benzene rings is 1. The van der Waals surface area contributed by atoms with E-state index >= 15 is 0 Å². The van der Waals surface area contributed by atoms with Gasteiger partial charge in [0.05, 0.1) is 12.5 Å². The van der Waals surface area contributed by atoms with E-state index in [2.05, 4.69) is 6.92 Å². The third-order valence-corrected chi connectivity index (χ3v) is 7.56. The zero-order valence-electron chi connectivity index (χ0n) is 19.8. The highest BCUT2D eigenvalue weighted by Crippen LogP contribution is 2.42. The summed E-state index contributed by atoms with van der Waals surface area (Å²) in [6.45, 7) is 4.45. The molecule has 0 amide bonds. The first kappa shape index (κ1) is 25.0. The number of hydrogen-bond acceptors (Lipinski definition) is 3. The summed E-state index contributed by atoms with van der Waals surface area (Å²) in [6, 6.07) is 2.61. The van der Waals surface area contributed by atoms with Gasteiger partial charge in [0.2, 0.25) is 11.6 Å². The minimum atomic E-state index is -1.16. The molecule has 0 aliphatic heterocycles. The van der Waals surface area contributed by atoms with E-state index in [1.165, 1.54) is 63.5 Å². The molecule has 0 aromatic heterocycles. The average Bonchev–Trinajstić information content (AvgIpc) is 2.82. The Labute approximate surface area is 192 Å². The summed E-state index contributed by atoms with van der Waals surface area (Å²) in [6.07, 6.45) is 15.1. The van der Waals surface area contributed by atoms with Gasteiger partial charge in [-0.05, 0) is 74.8 Å². The standard InChI is InChI=1S/C27H40F2O3/c1-3-5-6-7-19-8-10-20(11-9-19)21-12-14-22(15-13-21)27(30)32-24-17-16-23(31-18-4-2)25(28)26(24)29/h16-17,19-22H,3-15,18H2,1-2H3. The van der Waals surface area contributed by atoms with Crippen molar-refractivity contribution < 1.29 is 23.0 Å². The Morgan fingerprint density at radius 1 is 0.844 bits per heavy atom. The van der Waals surface area contributed by atoms with Crippen LogP contribution in [-0.4, -0.2) is 12.6 Å². The van der Waals surface area contributed by atoms with Crippen LogP contribution in [-0.2, 0) is 4.79 Å². The molecule has 0 heterocycles. The Bertz CT molecular complexity index is 720. The predicted octanol–water partition coefficient (Wildman–Crippen LogP) is 7.85. The van der Waals surface area contributed by atoms with Crippen molar-refractivity contribution in [2.24, 2.45) is 23.7 Å². The molecule has 2 fully saturated rings. The van der Waals surface area contributed by atoms with E-state index in [1.54, 1.807) is 0 Å². The van der Waals surface area contributed by atoms with Crippen LogP contribution in [0.3, 0.4) is 0 Å². The maximum absolute atomic E-state index is 14.3. The molecule has 1 aromatic carbocycles. The minimum Gasteiger partial charge on any atom is -0.490 e. The van der Waals surface area contributed by atoms with Crippen LogP contribution in [0.5, 0.6) is 11.5 Å². The van der Waals surface area contributed by atoms with Gasteiger partial charge < -0.3 is 9.47 Å². The molecular formula is C27H40F2O3. The molecule has 0 radical (unpaired) electrons. The van der Waals surface area contributed by atoms with Crippen molar-refractivity contribution in [2.75, 3.05) is 6.61 Å². The summed E-state index contributed by atoms with van der Waals surface area (Å²) in [5, 5.41) is 0. The van der Waals surface area contributed by atoms with Crippen LogP contribution >= 0.6 is 0 Å². The van der Waals surface area contributed by atoms with Crippen LogP contribution in [0.1, 0.15) is 97.3 Å². The van der Waals surface area contributed by atoms with Crippen LogP contribution in [0.2, 0.25) is 0 Å². The molecular weight excluding hydrogens is 410 g/mol. The van der Waals surface area contributed by atoms with E-state index < -0.39 is 17.6 Å². The first-order valence-corrected chi connectivity index (χ1v) is 12.9. The lowest BCUT2D eigenvalue weighted by Gasteiger charge is -2.37. The van der Waals surface area contributed by atoms with Crippen molar-refractivity contribution in [2.45, 2.75) is 97.3 Å². The van der Waals surface area contributed by atoms with Gasteiger partial charge >= 0.3 is 5.97 Å². The zero-order valence-corrected chi connectivity index (χ0v) is 19.8. The molecule has 180 valence electrons. The molecule has 32 heavy (non-hydrogen) atoms. The second-order valence-corrected chi connectivity index (χ2v) is 9.85. The lowest BCUT2D eigenvalue weighted by atomic mass is 9.68. The Hall–Kier alpha value is -1.65. The molecule has 3 nitrogen and oxygen atoms in total. The number of halogens is 2. The molecule has 0 atom stereocenters. The van der Waals surface area contributed by atoms with Crippen molar-refractivity contribution in [3.8, 4) is 11.5 Å². The summed E-state index contributed by atoms with van der Waals surface area (Å²) in [5.74, 6) is -1.02. The van der Waals surface area contributed by atoms with Crippen LogP contribution in [0.25, 0.3) is 0 Å². The number of rotatable bonds is 10. The van der Waals surface area contributed by atoms with Crippen molar-refractivity contribution in [1.82, 2.24) is 0 Å².